The van der Waals surface area contributed by atoms with Gasteiger partial charge in [0.1, 0.15) is 4.91 Å². The molecule has 2 aliphatic heterocycles. The van der Waals surface area contributed by atoms with Crippen LogP contribution >= 0.6 is 35.1 Å². The molecule has 26 heavy (non-hydrogen) atoms. The van der Waals surface area contributed by atoms with Crippen molar-refractivity contribution in [1.29, 1.82) is 0 Å². The molecule has 0 atom stereocenters. The monoisotopic (exact) mass is 401 g/mol. The molecule has 0 unspecified atom stereocenters. The van der Waals surface area contributed by atoms with Crippen molar-refractivity contribution in [2.45, 2.75) is 11.8 Å². The Labute approximate surface area is 165 Å². The molecule has 4 rings (SSSR count). The zero-order valence-corrected chi connectivity index (χ0v) is 16.7. The van der Waals surface area contributed by atoms with E-state index in [1.165, 1.54) is 11.8 Å². The Hall–Kier alpha value is -1.89. The summed E-state index contributed by atoms with van der Waals surface area (Å²) in [6.07, 6.45) is 0. The molecule has 2 aliphatic rings. The largest absolute Gasteiger partial charge is 0.337 e. The molecule has 132 valence electrons. The van der Waals surface area contributed by atoms with Gasteiger partial charge in [0.25, 0.3) is 5.91 Å². The third kappa shape index (κ3) is 3.02. The lowest BCUT2D eigenvalue weighted by Crippen LogP contribution is -2.29. The van der Waals surface area contributed by atoms with Gasteiger partial charge in [-0.25, -0.2) is 4.99 Å². The van der Waals surface area contributed by atoms with E-state index in [1.807, 2.05) is 67.4 Å². The number of benzene rings is 2. The lowest BCUT2D eigenvalue weighted by Gasteiger charge is -2.15. The number of aliphatic imine (C=N–C) groups is 1. The van der Waals surface area contributed by atoms with Crippen LogP contribution in [0.1, 0.15) is 6.92 Å². The number of hydrogen-bond acceptors (Lipinski definition) is 5. The van der Waals surface area contributed by atoms with Crippen LogP contribution in [0.25, 0.3) is 0 Å². The van der Waals surface area contributed by atoms with Gasteiger partial charge in [0.15, 0.2) is 5.17 Å². The number of likely N-dealkylation sites (N-methyl/N-ethyl adjacent to an activating group) is 1. The van der Waals surface area contributed by atoms with Crippen LogP contribution < -0.4 is 4.90 Å². The fourth-order valence-electron chi connectivity index (χ4n) is 2.83. The van der Waals surface area contributed by atoms with E-state index < -0.39 is 0 Å². The van der Waals surface area contributed by atoms with E-state index >= 15 is 0 Å². The van der Waals surface area contributed by atoms with Gasteiger partial charge >= 0.3 is 0 Å². The second-order valence-electron chi connectivity index (χ2n) is 5.79. The highest BCUT2D eigenvalue weighted by Crippen LogP contribution is 2.50. The second-order valence-corrected chi connectivity index (χ2v) is 8.23. The Kier molecular flexibility index (Phi) is 4.73. The topological polar surface area (TPSA) is 35.9 Å². The summed E-state index contributed by atoms with van der Waals surface area (Å²) in [7, 11) is 1.97. The van der Waals surface area contributed by atoms with Gasteiger partial charge in [-0.05, 0) is 49.0 Å². The Bertz CT molecular complexity index is 943. The first-order chi connectivity index (χ1) is 12.6. The van der Waals surface area contributed by atoms with Gasteiger partial charge in [0.2, 0.25) is 0 Å². The summed E-state index contributed by atoms with van der Waals surface area (Å²) in [5, 5.41) is 2.33. The summed E-state index contributed by atoms with van der Waals surface area (Å²) >= 11 is 9.16. The molecule has 0 saturated carbocycles. The molecule has 0 spiro atoms. The van der Waals surface area contributed by atoms with Gasteiger partial charge in [-0.15, -0.1) is 0 Å². The van der Waals surface area contributed by atoms with Crippen molar-refractivity contribution in [3.8, 4) is 0 Å². The summed E-state index contributed by atoms with van der Waals surface area (Å²) in [6.45, 7) is 2.55. The average molecular weight is 402 g/mol. The molecular formula is C19H16ClN3OS2. The molecule has 0 bridgehead atoms. The maximum Gasteiger partial charge on any atom is 0.269 e. The zero-order chi connectivity index (χ0) is 18.3. The molecule has 1 amide bonds. The van der Waals surface area contributed by atoms with Crippen molar-refractivity contribution in [3.05, 3.63) is 63.5 Å². The standard InChI is InChI=1S/C19H16ClN3OS2/c1-3-23-17(24)16(26-19(23)21-13-7-5-4-6-8-13)18-22(2)14-11-12(20)9-10-15(14)25-18/h4-11H,3H2,1-2H3/b18-16+,21-19?. The lowest BCUT2D eigenvalue weighted by atomic mass is 10.3. The highest BCUT2D eigenvalue weighted by Gasteiger charge is 2.38. The van der Waals surface area contributed by atoms with E-state index in [0.29, 0.717) is 21.6 Å². The van der Waals surface area contributed by atoms with Crippen molar-refractivity contribution in [2.75, 3.05) is 18.5 Å². The third-order valence-electron chi connectivity index (χ3n) is 4.15. The fraction of sp³-hybridized carbons (Fsp3) is 0.158. The lowest BCUT2D eigenvalue weighted by molar-refractivity contribution is -0.122. The maximum absolute atomic E-state index is 13.0. The predicted molar refractivity (Wildman–Crippen MR) is 111 cm³/mol. The van der Waals surface area contributed by atoms with Gasteiger partial charge in [0.05, 0.1) is 16.4 Å². The molecule has 2 aromatic rings. The van der Waals surface area contributed by atoms with Crippen molar-refractivity contribution in [1.82, 2.24) is 4.90 Å². The number of para-hydroxylation sites is 1. The van der Waals surface area contributed by atoms with Crippen LogP contribution in [-0.2, 0) is 4.79 Å². The minimum absolute atomic E-state index is 0.000402. The Morgan fingerprint density at radius 1 is 1.12 bits per heavy atom. The molecule has 0 aromatic heterocycles. The number of amides is 1. The highest BCUT2D eigenvalue weighted by atomic mass is 35.5. The van der Waals surface area contributed by atoms with Crippen LogP contribution in [0.2, 0.25) is 5.02 Å². The summed E-state index contributed by atoms with van der Waals surface area (Å²) in [5.74, 6) is 0.000402. The second kappa shape index (κ2) is 7.02. The SMILES string of the molecule is CCN1C(=O)/C(=C2\Sc3ccc(Cl)cc3N2C)SC1=Nc1ccccc1. The summed E-state index contributed by atoms with van der Waals surface area (Å²) in [6, 6.07) is 15.5. The molecule has 0 radical (unpaired) electrons. The third-order valence-corrected chi connectivity index (χ3v) is 6.82. The Morgan fingerprint density at radius 3 is 2.62 bits per heavy atom. The molecular weight excluding hydrogens is 386 g/mol. The van der Waals surface area contributed by atoms with Crippen molar-refractivity contribution < 1.29 is 4.79 Å². The Balaban J connectivity index is 1.73. The zero-order valence-electron chi connectivity index (χ0n) is 14.3. The van der Waals surface area contributed by atoms with Gasteiger partial charge in [0, 0.05) is 23.5 Å². The number of fused-ring (bicyclic) bond motifs is 1. The van der Waals surface area contributed by atoms with Gasteiger partial charge in [-0.3, -0.25) is 9.69 Å². The van der Waals surface area contributed by atoms with E-state index in [9.17, 15) is 4.79 Å². The Morgan fingerprint density at radius 2 is 1.88 bits per heavy atom. The summed E-state index contributed by atoms with van der Waals surface area (Å²) < 4.78 is 0. The number of hydrogen-bond donors (Lipinski definition) is 0. The van der Waals surface area contributed by atoms with Crippen LogP contribution in [0.3, 0.4) is 0 Å². The van der Waals surface area contributed by atoms with Crippen LogP contribution in [0.15, 0.2) is 68.4 Å². The normalized spacial score (nSPS) is 21.0. The smallest absolute Gasteiger partial charge is 0.269 e. The van der Waals surface area contributed by atoms with Crippen LogP contribution in [0.5, 0.6) is 0 Å². The van der Waals surface area contributed by atoms with Crippen LogP contribution in [-0.4, -0.2) is 29.6 Å². The molecule has 2 heterocycles. The van der Waals surface area contributed by atoms with Crippen molar-refractivity contribution in [2.24, 2.45) is 4.99 Å². The quantitative estimate of drug-likeness (QED) is 0.637. The van der Waals surface area contributed by atoms with Gasteiger partial charge in [-0.1, -0.05) is 41.6 Å². The molecule has 4 nitrogen and oxygen atoms in total. The number of thioether (sulfide) groups is 2. The number of rotatable bonds is 2. The number of carbonyl (C=O) groups excluding carboxylic acids is 1. The molecule has 0 aliphatic carbocycles. The summed E-state index contributed by atoms with van der Waals surface area (Å²) in [5.41, 5.74) is 1.87. The molecule has 0 N–H and O–H groups in total. The first-order valence-electron chi connectivity index (χ1n) is 8.17. The molecule has 7 heteroatoms. The maximum atomic E-state index is 13.0. The van der Waals surface area contributed by atoms with E-state index in [4.69, 9.17) is 11.6 Å². The van der Waals surface area contributed by atoms with Crippen molar-refractivity contribution in [3.63, 3.8) is 0 Å². The number of anilines is 1. The minimum atomic E-state index is 0.000402. The molecule has 1 saturated heterocycles. The predicted octanol–water partition coefficient (Wildman–Crippen LogP) is 5.33. The van der Waals surface area contributed by atoms with Crippen molar-refractivity contribution >= 4 is 57.6 Å². The first-order valence-corrected chi connectivity index (χ1v) is 10.2. The molecule has 2 aromatic carbocycles. The summed E-state index contributed by atoms with van der Waals surface area (Å²) in [4.78, 5) is 23.2. The van der Waals surface area contributed by atoms with Crippen LogP contribution in [0.4, 0.5) is 11.4 Å². The van der Waals surface area contributed by atoms with Gasteiger partial charge < -0.3 is 4.90 Å². The fourth-order valence-corrected chi connectivity index (χ4v) is 5.38. The number of carbonyl (C=O) groups is 1. The van der Waals surface area contributed by atoms with Gasteiger partial charge in [-0.2, -0.15) is 0 Å². The first kappa shape index (κ1) is 17.5. The minimum Gasteiger partial charge on any atom is -0.337 e. The van der Waals surface area contributed by atoms with E-state index in [2.05, 4.69) is 4.99 Å². The number of halogens is 1. The number of nitrogens with zero attached hydrogens (tertiary/aromatic N) is 3. The average Bonchev–Trinajstić information content (AvgIpc) is 3.12. The highest BCUT2D eigenvalue weighted by molar-refractivity contribution is 8.19. The van der Waals surface area contributed by atoms with E-state index in [-0.39, 0.29) is 5.91 Å². The molecule has 1 fully saturated rings. The number of amidine groups is 1. The van der Waals surface area contributed by atoms with E-state index in [1.54, 1.807) is 16.7 Å². The van der Waals surface area contributed by atoms with E-state index in [0.717, 1.165) is 21.3 Å². The van der Waals surface area contributed by atoms with Crippen LogP contribution in [0, 0.1) is 0 Å².